The molecule has 0 saturated carbocycles. The zero-order valence-corrected chi connectivity index (χ0v) is 23.8. The lowest BCUT2D eigenvalue weighted by molar-refractivity contribution is 1.27. The monoisotopic (exact) mass is 559 g/mol. The number of benzene rings is 6. The Hall–Kier alpha value is -5.93. The molecular weight excluding hydrogens is 534 g/mol. The molecule has 0 N–H and O–H groups in total. The van der Waals surface area contributed by atoms with Crippen molar-refractivity contribution < 1.29 is 0 Å². The van der Waals surface area contributed by atoms with Gasteiger partial charge in [-0.05, 0) is 79.8 Å². The predicted molar refractivity (Wildman–Crippen MR) is 184 cm³/mol. The zero-order valence-electron chi connectivity index (χ0n) is 23.8. The van der Waals surface area contributed by atoms with E-state index in [4.69, 9.17) is 9.97 Å². The lowest BCUT2D eigenvalue weighted by Gasteiger charge is -2.12. The van der Waals surface area contributed by atoms with Crippen molar-refractivity contribution in [3.05, 3.63) is 152 Å². The highest BCUT2D eigenvalue weighted by molar-refractivity contribution is 6.25. The molecule has 0 spiro atoms. The Morgan fingerprint density at radius 1 is 0.318 bits per heavy atom. The highest BCUT2D eigenvalue weighted by Crippen LogP contribution is 2.38. The number of pyridine rings is 3. The Morgan fingerprint density at radius 3 is 1.55 bits per heavy atom. The molecule has 6 aromatic carbocycles. The van der Waals surface area contributed by atoms with E-state index in [2.05, 4.69) is 126 Å². The van der Waals surface area contributed by atoms with Gasteiger partial charge in [-0.15, -0.1) is 0 Å². The Labute approximate surface area is 254 Å². The quantitative estimate of drug-likeness (QED) is 0.202. The third kappa shape index (κ3) is 3.94. The summed E-state index contributed by atoms with van der Waals surface area (Å²) in [5.74, 6) is 0. The van der Waals surface area contributed by atoms with Gasteiger partial charge >= 0.3 is 0 Å². The fourth-order valence-electron chi connectivity index (χ4n) is 6.53. The summed E-state index contributed by atoms with van der Waals surface area (Å²) in [4.78, 5) is 14.7. The molecule has 0 atom stereocenters. The second-order valence-corrected chi connectivity index (χ2v) is 11.2. The molecule has 0 aliphatic carbocycles. The summed E-state index contributed by atoms with van der Waals surface area (Å²) < 4.78 is 0. The molecule has 3 nitrogen and oxygen atoms in total. The average molecular weight is 560 g/mol. The van der Waals surface area contributed by atoms with Gasteiger partial charge in [0.05, 0.1) is 28.1 Å². The van der Waals surface area contributed by atoms with Crippen molar-refractivity contribution in [3.63, 3.8) is 0 Å². The minimum absolute atomic E-state index is 0.844. The van der Waals surface area contributed by atoms with E-state index < -0.39 is 0 Å². The van der Waals surface area contributed by atoms with Crippen molar-refractivity contribution in [2.45, 2.75) is 0 Å². The first-order valence-electron chi connectivity index (χ1n) is 14.9. The molecule has 0 radical (unpaired) electrons. The molecule has 9 rings (SSSR count). The number of rotatable bonds is 3. The Balaban J connectivity index is 1.19. The lowest BCUT2D eigenvalue weighted by Crippen LogP contribution is -1.92. The Kier molecular flexibility index (Phi) is 5.50. The van der Waals surface area contributed by atoms with Crippen LogP contribution in [0.3, 0.4) is 0 Å². The van der Waals surface area contributed by atoms with E-state index in [9.17, 15) is 0 Å². The largest absolute Gasteiger partial charge is 0.255 e. The zero-order chi connectivity index (χ0) is 29.0. The van der Waals surface area contributed by atoms with E-state index >= 15 is 0 Å². The third-order valence-corrected chi connectivity index (χ3v) is 8.68. The number of nitrogens with zero attached hydrogens (tertiary/aromatic N) is 3. The normalized spacial score (nSPS) is 11.6. The first kappa shape index (κ1) is 24.6. The van der Waals surface area contributed by atoms with Crippen LogP contribution < -0.4 is 0 Å². The van der Waals surface area contributed by atoms with Crippen LogP contribution in [-0.2, 0) is 0 Å². The molecule has 3 aromatic heterocycles. The van der Waals surface area contributed by atoms with Gasteiger partial charge in [0.15, 0.2) is 0 Å². The predicted octanol–water partition coefficient (Wildman–Crippen LogP) is 10.6. The van der Waals surface area contributed by atoms with Crippen LogP contribution in [0.5, 0.6) is 0 Å². The second kappa shape index (κ2) is 9.82. The molecule has 0 saturated heterocycles. The van der Waals surface area contributed by atoms with Gasteiger partial charge in [-0.25, -0.2) is 9.97 Å². The van der Waals surface area contributed by atoms with Gasteiger partial charge < -0.3 is 0 Å². The number of fused-ring (bicyclic) bond motifs is 9. The Morgan fingerprint density at radius 2 is 0.864 bits per heavy atom. The molecule has 9 aromatic rings. The van der Waals surface area contributed by atoms with Crippen LogP contribution in [0.2, 0.25) is 0 Å². The highest BCUT2D eigenvalue weighted by Gasteiger charge is 2.12. The third-order valence-electron chi connectivity index (χ3n) is 8.68. The molecule has 0 aliphatic rings. The molecule has 0 fully saturated rings. The minimum Gasteiger partial charge on any atom is -0.255 e. The number of hydrogen-bond donors (Lipinski definition) is 0. The van der Waals surface area contributed by atoms with Gasteiger partial charge in [0, 0.05) is 22.5 Å². The summed E-state index contributed by atoms with van der Waals surface area (Å²) in [5.41, 5.74) is 7.83. The van der Waals surface area contributed by atoms with Crippen LogP contribution in [0.25, 0.3) is 87.9 Å². The minimum atomic E-state index is 0.844. The average Bonchev–Trinajstić information content (AvgIpc) is 3.11. The van der Waals surface area contributed by atoms with E-state index in [0.717, 1.165) is 50.0 Å². The van der Waals surface area contributed by atoms with E-state index in [-0.39, 0.29) is 0 Å². The van der Waals surface area contributed by atoms with Crippen molar-refractivity contribution in [2.24, 2.45) is 0 Å². The molecule has 3 heteroatoms. The molecule has 0 bridgehead atoms. The summed E-state index contributed by atoms with van der Waals surface area (Å²) in [7, 11) is 0. The van der Waals surface area contributed by atoms with Crippen molar-refractivity contribution >= 4 is 54.1 Å². The topological polar surface area (TPSA) is 38.7 Å². The van der Waals surface area contributed by atoms with E-state index in [1.807, 2.05) is 24.3 Å². The van der Waals surface area contributed by atoms with Gasteiger partial charge in [0.25, 0.3) is 0 Å². The molecule has 3 heterocycles. The van der Waals surface area contributed by atoms with Crippen molar-refractivity contribution in [1.29, 1.82) is 0 Å². The van der Waals surface area contributed by atoms with Gasteiger partial charge in [-0.1, -0.05) is 109 Å². The second-order valence-electron chi connectivity index (χ2n) is 11.2. The molecule has 44 heavy (non-hydrogen) atoms. The summed E-state index contributed by atoms with van der Waals surface area (Å²) >= 11 is 0. The van der Waals surface area contributed by atoms with Crippen LogP contribution >= 0.6 is 0 Å². The van der Waals surface area contributed by atoms with E-state index in [0.29, 0.717) is 0 Å². The van der Waals surface area contributed by atoms with Crippen LogP contribution in [0, 0.1) is 0 Å². The fourth-order valence-corrected chi connectivity index (χ4v) is 6.53. The standard InChI is InChI=1S/C41H25N3/c1-2-12-33-31(10-1)32-11-3-4-13-34(32)36-25-29(17-20-35(33)36)28-8-7-9-30(24-28)37-21-18-26-15-16-27-19-22-39(38-14-5-6-23-42-38)44-41(27)40(26)43-37/h1-25H. The Bertz CT molecular complexity index is 2520. The number of hydrogen-bond acceptors (Lipinski definition) is 3. The van der Waals surface area contributed by atoms with Crippen LogP contribution in [0.15, 0.2) is 152 Å². The molecular formula is C41H25N3. The van der Waals surface area contributed by atoms with Gasteiger partial charge in [0.1, 0.15) is 0 Å². The molecule has 0 aliphatic heterocycles. The van der Waals surface area contributed by atoms with Crippen LogP contribution in [-0.4, -0.2) is 15.0 Å². The summed E-state index contributed by atoms with van der Waals surface area (Å²) in [6, 6.07) is 51.5. The van der Waals surface area contributed by atoms with Gasteiger partial charge in [-0.3, -0.25) is 4.98 Å². The summed E-state index contributed by atoms with van der Waals surface area (Å²) in [6.45, 7) is 0. The van der Waals surface area contributed by atoms with Gasteiger partial charge in [-0.2, -0.15) is 0 Å². The maximum absolute atomic E-state index is 5.19. The van der Waals surface area contributed by atoms with E-state index in [1.54, 1.807) is 6.20 Å². The highest BCUT2D eigenvalue weighted by atomic mass is 14.8. The van der Waals surface area contributed by atoms with Gasteiger partial charge in [0.2, 0.25) is 0 Å². The molecule has 0 unspecified atom stereocenters. The summed E-state index contributed by atoms with van der Waals surface area (Å²) in [6.07, 6.45) is 1.80. The summed E-state index contributed by atoms with van der Waals surface area (Å²) in [5, 5.41) is 9.82. The molecule has 204 valence electrons. The SMILES string of the molecule is c1ccc(-c2ccc3ccc4ccc(-c5cccc(-c6ccc7c8ccccc8c8ccccc8c7c6)c5)nc4c3n2)nc1. The van der Waals surface area contributed by atoms with Crippen molar-refractivity contribution in [2.75, 3.05) is 0 Å². The van der Waals surface area contributed by atoms with E-state index in [1.165, 1.54) is 37.9 Å². The fraction of sp³-hybridized carbons (Fsp3) is 0. The maximum Gasteiger partial charge on any atom is 0.0973 e. The number of aromatic nitrogens is 3. The van der Waals surface area contributed by atoms with Crippen molar-refractivity contribution in [1.82, 2.24) is 15.0 Å². The van der Waals surface area contributed by atoms with Crippen molar-refractivity contribution in [3.8, 4) is 33.8 Å². The molecule has 0 amide bonds. The first-order valence-corrected chi connectivity index (χ1v) is 14.9. The first-order chi connectivity index (χ1) is 21.8. The van der Waals surface area contributed by atoms with Crippen LogP contribution in [0.4, 0.5) is 0 Å². The smallest absolute Gasteiger partial charge is 0.0973 e. The lowest BCUT2D eigenvalue weighted by atomic mass is 9.91. The maximum atomic E-state index is 5.19. The van der Waals surface area contributed by atoms with Crippen LogP contribution in [0.1, 0.15) is 0 Å².